The smallest absolute Gasteiger partial charge is 0.248 e. The van der Waals surface area contributed by atoms with Crippen molar-refractivity contribution in [3.8, 4) is 17.6 Å². The lowest BCUT2D eigenvalue weighted by atomic mass is 9.72. The van der Waals surface area contributed by atoms with Gasteiger partial charge in [0, 0.05) is 93.4 Å². The number of anilines is 3. The molecule has 5 heterocycles. The number of aromatic nitrogens is 3. The first kappa shape index (κ1) is 32.5. The summed E-state index contributed by atoms with van der Waals surface area (Å²) in [6, 6.07) is 6.54. The third-order valence-electron chi connectivity index (χ3n) is 10.6. The molecule has 2 N–H and O–H groups in total. The predicted octanol–water partition coefficient (Wildman–Crippen LogP) is 4.82. The van der Waals surface area contributed by atoms with Gasteiger partial charge in [-0.15, -0.1) is 11.3 Å². The van der Waals surface area contributed by atoms with Gasteiger partial charge in [-0.2, -0.15) is 10.2 Å². The number of carbonyl (C=O) groups excluding carboxylic acids is 1. The van der Waals surface area contributed by atoms with Crippen LogP contribution in [0.4, 0.5) is 25.3 Å². The van der Waals surface area contributed by atoms with E-state index in [1.807, 2.05) is 13.0 Å². The number of rotatable bonds is 6. The Balaban J connectivity index is 1.17. The van der Waals surface area contributed by atoms with Crippen LogP contribution < -0.4 is 15.5 Å². The number of fused-ring (bicyclic) bond motifs is 1. The molecule has 3 fully saturated rings. The summed E-state index contributed by atoms with van der Waals surface area (Å²) in [7, 11) is 0. The van der Waals surface area contributed by atoms with Gasteiger partial charge in [0.2, 0.25) is 23.5 Å². The topological polar surface area (TPSA) is 132 Å². The number of alkyl halides is 2. The molecule has 254 valence electrons. The number of nitrogens with two attached hydrogens (primary N) is 1. The van der Waals surface area contributed by atoms with Crippen LogP contribution in [0, 0.1) is 11.3 Å². The lowest BCUT2D eigenvalue weighted by Crippen LogP contribution is -2.52. The van der Waals surface area contributed by atoms with Crippen LogP contribution in [-0.2, 0) is 16.6 Å². The highest BCUT2D eigenvalue weighted by atomic mass is 32.1. The minimum Gasteiger partial charge on any atom is -0.389 e. The first-order valence-electron chi connectivity index (χ1n) is 16.8. The summed E-state index contributed by atoms with van der Waals surface area (Å²) in [6.45, 7) is 11.1. The number of hydrogen-bond donors (Lipinski definition) is 1. The van der Waals surface area contributed by atoms with Crippen molar-refractivity contribution in [2.45, 2.75) is 69.2 Å². The number of piperazine rings is 2. The minimum atomic E-state index is -2.54. The monoisotopic (exact) mass is 677 g/mol. The van der Waals surface area contributed by atoms with Crippen LogP contribution in [0.5, 0.6) is 0 Å². The van der Waals surface area contributed by atoms with Gasteiger partial charge in [-0.3, -0.25) is 9.69 Å². The second-order valence-corrected chi connectivity index (χ2v) is 14.7. The maximum absolute atomic E-state index is 13.8. The van der Waals surface area contributed by atoms with Crippen molar-refractivity contribution in [1.29, 1.82) is 5.26 Å². The summed E-state index contributed by atoms with van der Waals surface area (Å²) in [5, 5.41) is 14.9. The summed E-state index contributed by atoms with van der Waals surface area (Å²) in [5.74, 6) is -1.02. The third kappa shape index (κ3) is 6.02. The molecule has 1 saturated carbocycles. The van der Waals surface area contributed by atoms with E-state index in [0.29, 0.717) is 67.0 Å². The van der Waals surface area contributed by atoms with Gasteiger partial charge in [0.05, 0.1) is 11.0 Å². The van der Waals surface area contributed by atoms with E-state index in [2.05, 4.69) is 38.6 Å². The van der Waals surface area contributed by atoms with E-state index in [-0.39, 0.29) is 24.8 Å². The zero-order valence-corrected chi connectivity index (χ0v) is 28.1. The Kier molecular flexibility index (Phi) is 8.62. The quantitative estimate of drug-likeness (QED) is 0.362. The number of pyridine rings is 1. The van der Waals surface area contributed by atoms with Crippen molar-refractivity contribution in [3.05, 3.63) is 46.7 Å². The largest absolute Gasteiger partial charge is 0.389 e. The van der Waals surface area contributed by atoms with Gasteiger partial charge in [0.25, 0.3) is 0 Å². The van der Waals surface area contributed by atoms with E-state index in [4.69, 9.17) is 20.2 Å². The summed E-state index contributed by atoms with van der Waals surface area (Å²) in [5.41, 5.74) is 8.51. The number of carbonyl (C=O) groups is 1. The zero-order chi connectivity index (χ0) is 33.6. The number of halogens is 2. The van der Waals surface area contributed by atoms with E-state index in [1.54, 1.807) is 4.90 Å². The number of nitrogens with zero attached hydrogens (tertiary/aromatic N) is 8. The highest BCUT2D eigenvalue weighted by Gasteiger charge is 2.43. The molecular weight excluding hydrogens is 636 g/mol. The molecule has 11 nitrogen and oxygen atoms in total. The van der Waals surface area contributed by atoms with Crippen molar-refractivity contribution >= 4 is 33.8 Å². The molecule has 14 heteroatoms. The lowest BCUT2D eigenvalue weighted by Gasteiger charge is -2.42. The number of nitrogen functional groups attached to an aromatic ring is 1. The fourth-order valence-corrected chi connectivity index (χ4v) is 9.03. The van der Waals surface area contributed by atoms with E-state index < -0.39 is 11.3 Å². The molecule has 2 aliphatic heterocycles. The summed E-state index contributed by atoms with van der Waals surface area (Å²) in [6.07, 6.45) is 4.86. The third-order valence-corrected chi connectivity index (χ3v) is 11.7. The summed E-state index contributed by atoms with van der Waals surface area (Å²) in [4.78, 5) is 31.9. The van der Waals surface area contributed by atoms with Gasteiger partial charge in [0.15, 0.2) is 0 Å². The van der Waals surface area contributed by atoms with Crippen LogP contribution in [0.15, 0.2) is 29.3 Å². The first-order valence-corrected chi connectivity index (χ1v) is 17.6. The molecule has 48 heavy (non-hydrogen) atoms. The van der Waals surface area contributed by atoms with Crippen LogP contribution in [0.2, 0.25) is 0 Å². The van der Waals surface area contributed by atoms with Gasteiger partial charge in [-0.1, -0.05) is 11.7 Å². The maximum atomic E-state index is 13.8. The Hall–Kier alpha value is -4.09. The fourth-order valence-electron chi connectivity index (χ4n) is 7.84. The number of nitriles is 1. The number of hydrogen-bond acceptors (Lipinski definition) is 11. The SMILES string of the molecule is C=CC(=O)N1CCN(c2cc(-c3noc(C4(C)CCCc5sc(N)c(C#N)c54)n3)nc(N3CCN(C4CCC(F)(F)CC4)CC3)c2)CC1. The highest BCUT2D eigenvalue weighted by Crippen LogP contribution is 2.48. The minimum absolute atomic E-state index is 0.0405. The van der Waals surface area contributed by atoms with E-state index in [9.17, 15) is 18.8 Å². The Morgan fingerprint density at radius 3 is 2.48 bits per heavy atom. The highest BCUT2D eigenvalue weighted by molar-refractivity contribution is 7.16. The van der Waals surface area contributed by atoms with Crippen molar-refractivity contribution < 1.29 is 18.1 Å². The average molecular weight is 678 g/mol. The van der Waals surface area contributed by atoms with Crippen molar-refractivity contribution in [2.75, 3.05) is 67.9 Å². The van der Waals surface area contributed by atoms with Gasteiger partial charge >= 0.3 is 0 Å². The number of amides is 1. The zero-order valence-electron chi connectivity index (χ0n) is 27.3. The van der Waals surface area contributed by atoms with Gasteiger partial charge in [0.1, 0.15) is 22.6 Å². The van der Waals surface area contributed by atoms with Crippen LogP contribution in [0.3, 0.4) is 0 Å². The Morgan fingerprint density at radius 1 is 1.08 bits per heavy atom. The predicted molar refractivity (Wildman–Crippen MR) is 180 cm³/mol. The second-order valence-electron chi connectivity index (χ2n) is 13.6. The molecule has 4 aliphatic rings. The van der Waals surface area contributed by atoms with Crippen LogP contribution in [-0.4, -0.2) is 95.2 Å². The van der Waals surface area contributed by atoms with Gasteiger partial charge < -0.3 is 25.0 Å². The molecule has 2 saturated heterocycles. The molecule has 0 aromatic carbocycles. The van der Waals surface area contributed by atoms with Crippen LogP contribution in [0.25, 0.3) is 11.5 Å². The summed E-state index contributed by atoms with van der Waals surface area (Å²) < 4.78 is 33.6. The van der Waals surface area contributed by atoms with E-state index >= 15 is 0 Å². The maximum Gasteiger partial charge on any atom is 0.248 e. The molecule has 1 atom stereocenters. The Labute approximate surface area is 283 Å². The van der Waals surface area contributed by atoms with Crippen molar-refractivity contribution in [3.63, 3.8) is 0 Å². The molecule has 2 aliphatic carbocycles. The molecule has 3 aromatic rings. The van der Waals surface area contributed by atoms with E-state index in [0.717, 1.165) is 67.4 Å². The fraction of sp³-hybridized carbons (Fsp3) is 0.559. The normalized spacial score (nSPS) is 23.5. The molecular formula is C34H41F2N9O2S. The Bertz CT molecular complexity index is 1730. The molecule has 0 bridgehead atoms. The molecule has 0 radical (unpaired) electrons. The standard InChI is InChI=1S/C34H41F2N9O2S/c1-3-28(46)45-17-13-43(14-18-45)23-19-25(39-27(20-23)44-15-11-42(12-16-44)22-6-9-34(35,36)10-7-22)31-40-32(47-41-31)33(2)8-4-5-26-29(33)24(21-37)30(38)48-26/h3,19-20,22H,1,4-18,38H2,2H3. The first-order chi connectivity index (χ1) is 23.1. The lowest BCUT2D eigenvalue weighted by molar-refractivity contribution is -0.126. The second kappa shape index (κ2) is 12.7. The molecule has 1 unspecified atom stereocenters. The molecule has 7 rings (SSSR count). The number of aryl methyl sites for hydroxylation is 1. The van der Waals surface area contributed by atoms with Crippen LogP contribution in [0.1, 0.15) is 67.3 Å². The molecule has 3 aromatic heterocycles. The van der Waals surface area contributed by atoms with Crippen LogP contribution >= 0.6 is 11.3 Å². The van der Waals surface area contributed by atoms with Gasteiger partial charge in [-0.05, 0) is 51.2 Å². The average Bonchev–Trinajstić information content (AvgIpc) is 3.74. The van der Waals surface area contributed by atoms with Crippen molar-refractivity contribution in [1.82, 2.24) is 24.9 Å². The van der Waals surface area contributed by atoms with E-state index in [1.165, 1.54) is 17.4 Å². The molecule has 1 amide bonds. The van der Waals surface area contributed by atoms with Crippen molar-refractivity contribution in [2.24, 2.45) is 0 Å². The molecule has 0 spiro atoms. The van der Waals surface area contributed by atoms with Gasteiger partial charge in [-0.25, -0.2) is 13.8 Å². The Morgan fingerprint density at radius 2 is 1.79 bits per heavy atom. The summed E-state index contributed by atoms with van der Waals surface area (Å²) >= 11 is 1.46. The number of thiophene rings is 1.